The third kappa shape index (κ3) is 3.35. The summed E-state index contributed by atoms with van der Waals surface area (Å²) >= 11 is 0. The molecular weight excluding hydrogens is 354 g/mol. The summed E-state index contributed by atoms with van der Waals surface area (Å²) in [5.41, 5.74) is 4.91. The number of nitrogens with one attached hydrogen (secondary N) is 1. The van der Waals surface area contributed by atoms with Crippen molar-refractivity contribution in [2.24, 2.45) is 0 Å². The number of rotatable bonds is 4. The average molecular weight is 377 g/mol. The van der Waals surface area contributed by atoms with E-state index in [1.54, 1.807) is 4.68 Å². The molecular formula is C21H23N5O2. The lowest BCUT2D eigenvalue weighted by Gasteiger charge is -2.15. The molecule has 144 valence electrons. The first-order valence-corrected chi connectivity index (χ1v) is 9.45. The van der Waals surface area contributed by atoms with Gasteiger partial charge in [-0.25, -0.2) is 9.67 Å². The third-order valence-corrected chi connectivity index (χ3v) is 5.00. The van der Waals surface area contributed by atoms with Gasteiger partial charge in [0, 0.05) is 16.9 Å². The largest absolute Gasteiger partial charge is 0.325 e. The molecule has 2 aromatic heterocycles. The molecule has 0 aliphatic heterocycles. The van der Waals surface area contributed by atoms with Crippen LogP contribution in [0.1, 0.15) is 34.6 Å². The topological polar surface area (TPSA) is 81.8 Å². The van der Waals surface area contributed by atoms with Crippen LogP contribution in [0.3, 0.4) is 0 Å². The predicted octanol–water partition coefficient (Wildman–Crippen LogP) is 2.48. The summed E-state index contributed by atoms with van der Waals surface area (Å²) in [5, 5.41) is 7.33. The Hall–Kier alpha value is -3.22. The zero-order valence-electron chi connectivity index (χ0n) is 16.3. The second-order valence-corrected chi connectivity index (χ2v) is 7.34. The number of carbonyl (C=O) groups is 1. The molecule has 0 radical (unpaired) electrons. The molecule has 0 bridgehead atoms. The van der Waals surface area contributed by atoms with Crippen molar-refractivity contribution < 1.29 is 4.79 Å². The molecule has 3 aromatic rings. The van der Waals surface area contributed by atoms with Crippen molar-refractivity contribution in [1.29, 1.82) is 0 Å². The molecule has 7 nitrogen and oxygen atoms in total. The van der Waals surface area contributed by atoms with Crippen LogP contribution in [-0.4, -0.2) is 25.2 Å². The Labute approximate surface area is 163 Å². The van der Waals surface area contributed by atoms with Crippen molar-refractivity contribution >= 4 is 11.6 Å². The van der Waals surface area contributed by atoms with E-state index in [0.29, 0.717) is 23.6 Å². The van der Waals surface area contributed by atoms with Crippen LogP contribution in [-0.2, 0) is 24.2 Å². The quantitative estimate of drug-likeness (QED) is 0.757. The standard InChI is InChI=1S/C21H23N5O2/c1-13-7-9-16(10-8-13)22-19(27)12-25-20(28)17-5-4-6-18(17)23-21(25)26-15(3)11-14(2)24-26/h7-11H,4-6,12H2,1-3H3,(H,22,27). The first kappa shape index (κ1) is 18.2. The van der Waals surface area contributed by atoms with Crippen LogP contribution in [0.25, 0.3) is 5.95 Å². The van der Waals surface area contributed by atoms with Gasteiger partial charge in [0.05, 0.1) is 11.4 Å². The number of fused-ring (bicyclic) bond motifs is 1. The van der Waals surface area contributed by atoms with Crippen molar-refractivity contribution in [3.8, 4) is 5.95 Å². The van der Waals surface area contributed by atoms with Gasteiger partial charge in [-0.05, 0) is 58.2 Å². The normalized spacial score (nSPS) is 12.8. The minimum absolute atomic E-state index is 0.110. The SMILES string of the molecule is Cc1ccc(NC(=O)Cn2c(-n3nc(C)cc3C)nc3c(c2=O)CCC3)cc1. The van der Waals surface area contributed by atoms with Crippen molar-refractivity contribution in [3.05, 3.63) is 68.9 Å². The molecule has 1 N–H and O–H groups in total. The van der Waals surface area contributed by atoms with E-state index in [1.165, 1.54) is 4.57 Å². The maximum absolute atomic E-state index is 13.1. The summed E-state index contributed by atoms with van der Waals surface area (Å²) in [6, 6.07) is 9.48. The van der Waals surface area contributed by atoms with Crippen LogP contribution >= 0.6 is 0 Å². The van der Waals surface area contributed by atoms with Crippen LogP contribution in [0.2, 0.25) is 0 Å². The molecule has 28 heavy (non-hydrogen) atoms. The number of nitrogens with zero attached hydrogens (tertiary/aromatic N) is 4. The first-order valence-electron chi connectivity index (χ1n) is 9.45. The molecule has 1 aliphatic rings. The Kier molecular flexibility index (Phi) is 4.58. The number of amides is 1. The van der Waals surface area contributed by atoms with E-state index in [4.69, 9.17) is 4.98 Å². The summed E-state index contributed by atoms with van der Waals surface area (Å²) in [6.07, 6.45) is 2.40. The van der Waals surface area contributed by atoms with Gasteiger partial charge in [0.1, 0.15) is 6.54 Å². The summed E-state index contributed by atoms with van der Waals surface area (Å²) in [7, 11) is 0. The van der Waals surface area contributed by atoms with Crippen molar-refractivity contribution in [3.63, 3.8) is 0 Å². The number of carbonyl (C=O) groups excluding carboxylic acids is 1. The van der Waals surface area contributed by atoms with Gasteiger partial charge in [-0.2, -0.15) is 5.10 Å². The third-order valence-electron chi connectivity index (χ3n) is 5.00. The monoisotopic (exact) mass is 377 g/mol. The zero-order chi connectivity index (χ0) is 19.8. The predicted molar refractivity (Wildman–Crippen MR) is 107 cm³/mol. The van der Waals surface area contributed by atoms with E-state index in [9.17, 15) is 9.59 Å². The van der Waals surface area contributed by atoms with Crippen molar-refractivity contribution in [2.75, 3.05) is 5.32 Å². The zero-order valence-corrected chi connectivity index (χ0v) is 16.3. The molecule has 2 heterocycles. The Balaban J connectivity index is 1.73. The van der Waals surface area contributed by atoms with Crippen LogP contribution < -0.4 is 10.9 Å². The minimum Gasteiger partial charge on any atom is -0.325 e. The van der Waals surface area contributed by atoms with Gasteiger partial charge >= 0.3 is 0 Å². The summed E-state index contributed by atoms with van der Waals surface area (Å²) in [5.74, 6) is 0.129. The number of hydrogen-bond acceptors (Lipinski definition) is 4. The fourth-order valence-electron chi connectivity index (χ4n) is 3.63. The molecule has 0 saturated heterocycles. The highest BCUT2D eigenvalue weighted by molar-refractivity contribution is 5.90. The fourth-order valence-corrected chi connectivity index (χ4v) is 3.63. The fraction of sp³-hybridized carbons (Fsp3) is 0.333. The number of hydrogen-bond donors (Lipinski definition) is 1. The van der Waals surface area contributed by atoms with Gasteiger partial charge < -0.3 is 5.32 Å². The maximum Gasteiger partial charge on any atom is 0.258 e. The van der Waals surface area contributed by atoms with Gasteiger partial charge in [0.25, 0.3) is 5.56 Å². The number of benzene rings is 1. The highest BCUT2D eigenvalue weighted by Gasteiger charge is 2.23. The first-order chi connectivity index (χ1) is 13.4. The summed E-state index contributed by atoms with van der Waals surface area (Å²) in [6.45, 7) is 5.68. The summed E-state index contributed by atoms with van der Waals surface area (Å²) in [4.78, 5) is 30.5. The van der Waals surface area contributed by atoms with Crippen LogP contribution in [0, 0.1) is 20.8 Å². The molecule has 1 aromatic carbocycles. The van der Waals surface area contributed by atoms with E-state index in [2.05, 4.69) is 10.4 Å². The van der Waals surface area contributed by atoms with E-state index in [0.717, 1.165) is 35.5 Å². The van der Waals surface area contributed by atoms with E-state index >= 15 is 0 Å². The number of aryl methyl sites for hydroxylation is 4. The van der Waals surface area contributed by atoms with Gasteiger partial charge in [-0.1, -0.05) is 17.7 Å². The van der Waals surface area contributed by atoms with Crippen molar-refractivity contribution in [1.82, 2.24) is 19.3 Å². The molecule has 7 heteroatoms. The van der Waals surface area contributed by atoms with Crippen LogP contribution in [0.4, 0.5) is 5.69 Å². The van der Waals surface area contributed by atoms with Crippen LogP contribution in [0.5, 0.6) is 0 Å². The molecule has 0 saturated carbocycles. The van der Waals surface area contributed by atoms with E-state index in [1.807, 2.05) is 51.1 Å². The maximum atomic E-state index is 13.1. The lowest BCUT2D eigenvalue weighted by molar-refractivity contribution is -0.116. The van der Waals surface area contributed by atoms with Gasteiger partial charge in [-0.15, -0.1) is 0 Å². The summed E-state index contributed by atoms with van der Waals surface area (Å²) < 4.78 is 3.08. The Morgan fingerprint density at radius 3 is 2.57 bits per heavy atom. The van der Waals surface area contributed by atoms with Crippen LogP contribution in [0.15, 0.2) is 35.1 Å². The molecule has 0 atom stereocenters. The van der Waals surface area contributed by atoms with Gasteiger partial charge in [-0.3, -0.25) is 14.2 Å². The molecule has 1 aliphatic carbocycles. The number of aromatic nitrogens is 4. The molecule has 0 unspecified atom stereocenters. The average Bonchev–Trinajstić information content (AvgIpc) is 3.25. The van der Waals surface area contributed by atoms with Gasteiger partial charge in [0.15, 0.2) is 0 Å². The highest BCUT2D eigenvalue weighted by Crippen LogP contribution is 2.19. The Morgan fingerprint density at radius 1 is 1.14 bits per heavy atom. The molecule has 1 amide bonds. The van der Waals surface area contributed by atoms with E-state index < -0.39 is 0 Å². The van der Waals surface area contributed by atoms with Gasteiger partial charge in [0.2, 0.25) is 11.9 Å². The lowest BCUT2D eigenvalue weighted by atomic mass is 10.2. The Morgan fingerprint density at radius 2 is 1.89 bits per heavy atom. The molecule has 0 fully saturated rings. The molecule has 0 spiro atoms. The minimum atomic E-state index is -0.270. The van der Waals surface area contributed by atoms with E-state index in [-0.39, 0.29) is 18.0 Å². The smallest absolute Gasteiger partial charge is 0.258 e. The highest BCUT2D eigenvalue weighted by atomic mass is 16.2. The second kappa shape index (κ2) is 7.07. The number of anilines is 1. The Bertz CT molecular complexity index is 1110. The molecule has 4 rings (SSSR count). The lowest BCUT2D eigenvalue weighted by Crippen LogP contribution is -2.34. The van der Waals surface area contributed by atoms with Crippen molar-refractivity contribution in [2.45, 2.75) is 46.6 Å². The second-order valence-electron chi connectivity index (χ2n) is 7.34.